The van der Waals surface area contributed by atoms with Crippen LogP contribution in [0.3, 0.4) is 0 Å². The summed E-state index contributed by atoms with van der Waals surface area (Å²) in [5.74, 6) is 0.850. The van der Waals surface area contributed by atoms with Gasteiger partial charge in [0.1, 0.15) is 5.75 Å². The van der Waals surface area contributed by atoms with E-state index in [1.807, 2.05) is 29.5 Å². The first-order chi connectivity index (χ1) is 7.20. The molecule has 0 aliphatic heterocycles. The van der Waals surface area contributed by atoms with E-state index in [-0.39, 0.29) is 0 Å². The van der Waals surface area contributed by atoms with Crippen molar-refractivity contribution in [2.24, 2.45) is 0 Å². The van der Waals surface area contributed by atoms with Gasteiger partial charge in [-0.25, -0.2) is 0 Å². The molecule has 1 heterocycles. The third-order valence-electron chi connectivity index (χ3n) is 2.35. The largest absolute Gasteiger partial charge is 0.497 e. The summed E-state index contributed by atoms with van der Waals surface area (Å²) in [4.78, 5) is 2.68. The van der Waals surface area contributed by atoms with Gasteiger partial charge in [0.2, 0.25) is 0 Å². The molecule has 0 fully saturated rings. The van der Waals surface area contributed by atoms with Gasteiger partial charge in [-0.05, 0) is 49.2 Å². The molecule has 2 heteroatoms. The molecule has 0 saturated carbocycles. The first-order valence-corrected chi connectivity index (χ1v) is 5.65. The van der Waals surface area contributed by atoms with Gasteiger partial charge in [-0.1, -0.05) is 6.07 Å². The van der Waals surface area contributed by atoms with Crippen molar-refractivity contribution in [3.8, 4) is 16.9 Å². The Morgan fingerprint density at radius 3 is 2.53 bits per heavy atom. The van der Waals surface area contributed by atoms with Gasteiger partial charge in [-0.3, -0.25) is 0 Å². The smallest absolute Gasteiger partial charge is 0.119 e. The number of ether oxygens (including phenoxy) is 1. The Bertz CT molecular complexity index is 454. The Morgan fingerprint density at radius 2 is 2.07 bits per heavy atom. The molecule has 0 spiro atoms. The number of hydrogen-bond acceptors (Lipinski definition) is 2. The first-order valence-electron chi connectivity index (χ1n) is 4.84. The highest BCUT2D eigenvalue weighted by Crippen LogP contribution is 2.30. The maximum atomic E-state index is 5.11. The van der Waals surface area contributed by atoms with E-state index >= 15 is 0 Å². The Labute approximate surface area is 94.3 Å². The Morgan fingerprint density at radius 1 is 1.27 bits per heavy atom. The van der Waals surface area contributed by atoms with Crippen LogP contribution in [0.2, 0.25) is 0 Å². The lowest BCUT2D eigenvalue weighted by atomic mass is 10.1. The summed E-state index contributed by atoms with van der Waals surface area (Å²) in [5, 5.41) is 0. The van der Waals surface area contributed by atoms with Gasteiger partial charge in [-0.15, -0.1) is 11.3 Å². The van der Waals surface area contributed by atoms with Gasteiger partial charge in [0.25, 0.3) is 0 Å². The summed E-state index contributed by atoms with van der Waals surface area (Å²) in [6, 6.07) is 11.3. The average molecular weight is 217 g/mol. The SMILES string of the molecule is COc1c[c]c(-c2cc(C)sc2C)cc1. The molecular formula is C13H13OS. The second-order valence-corrected chi connectivity index (χ2v) is 4.93. The van der Waals surface area contributed by atoms with Crippen molar-refractivity contribution in [3.05, 3.63) is 40.1 Å². The zero-order valence-corrected chi connectivity index (χ0v) is 9.94. The summed E-state index contributed by atoms with van der Waals surface area (Å²) in [5.41, 5.74) is 2.41. The summed E-state index contributed by atoms with van der Waals surface area (Å²) in [6.07, 6.45) is 0. The number of thiophene rings is 1. The summed E-state index contributed by atoms with van der Waals surface area (Å²) in [7, 11) is 1.67. The number of hydrogen-bond donors (Lipinski definition) is 0. The van der Waals surface area contributed by atoms with Crippen molar-refractivity contribution in [2.75, 3.05) is 7.11 Å². The van der Waals surface area contributed by atoms with E-state index in [2.05, 4.69) is 26.0 Å². The lowest BCUT2D eigenvalue weighted by Crippen LogP contribution is -1.82. The van der Waals surface area contributed by atoms with Crippen LogP contribution < -0.4 is 4.74 Å². The highest BCUT2D eigenvalue weighted by molar-refractivity contribution is 7.12. The zero-order chi connectivity index (χ0) is 10.8. The number of benzene rings is 1. The molecular weight excluding hydrogens is 204 g/mol. The van der Waals surface area contributed by atoms with Crippen LogP contribution in [-0.4, -0.2) is 7.11 Å². The minimum absolute atomic E-state index is 0.850. The molecule has 0 saturated heterocycles. The van der Waals surface area contributed by atoms with E-state index in [1.54, 1.807) is 7.11 Å². The van der Waals surface area contributed by atoms with E-state index in [0.717, 1.165) is 11.3 Å². The van der Waals surface area contributed by atoms with E-state index in [4.69, 9.17) is 4.74 Å². The van der Waals surface area contributed by atoms with Crippen LogP contribution in [0.1, 0.15) is 9.75 Å². The number of methoxy groups -OCH3 is 1. The van der Waals surface area contributed by atoms with Crippen molar-refractivity contribution >= 4 is 11.3 Å². The molecule has 1 aromatic carbocycles. The Hall–Kier alpha value is -1.28. The van der Waals surface area contributed by atoms with Gasteiger partial charge in [0.15, 0.2) is 0 Å². The average Bonchev–Trinajstić information content (AvgIpc) is 2.58. The van der Waals surface area contributed by atoms with Crippen LogP contribution in [0.15, 0.2) is 24.3 Å². The molecule has 77 valence electrons. The third-order valence-corrected chi connectivity index (χ3v) is 3.32. The minimum Gasteiger partial charge on any atom is -0.497 e. The highest BCUT2D eigenvalue weighted by atomic mass is 32.1. The molecule has 0 aliphatic carbocycles. The molecule has 0 bridgehead atoms. The molecule has 1 nitrogen and oxygen atoms in total. The summed E-state index contributed by atoms with van der Waals surface area (Å²) in [6.45, 7) is 4.27. The number of rotatable bonds is 2. The lowest BCUT2D eigenvalue weighted by Gasteiger charge is -2.02. The molecule has 2 aromatic rings. The van der Waals surface area contributed by atoms with Crippen LogP contribution >= 0.6 is 11.3 Å². The number of aryl methyl sites for hydroxylation is 2. The van der Waals surface area contributed by atoms with E-state index < -0.39 is 0 Å². The van der Waals surface area contributed by atoms with Crippen LogP contribution in [0.5, 0.6) is 5.75 Å². The molecule has 0 aliphatic rings. The van der Waals surface area contributed by atoms with Gasteiger partial charge in [-0.2, -0.15) is 0 Å². The van der Waals surface area contributed by atoms with Crippen molar-refractivity contribution in [1.29, 1.82) is 0 Å². The zero-order valence-electron chi connectivity index (χ0n) is 9.13. The van der Waals surface area contributed by atoms with E-state index in [0.29, 0.717) is 0 Å². The summed E-state index contributed by atoms with van der Waals surface area (Å²) < 4.78 is 5.11. The first kappa shape index (κ1) is 10.2. The fraction of sp³-hybridized carbons (Fsp3) is 0.231. The topological polar surface area (TPSA) is 9.23 Å². The second kappa shape index (κ2) is 4.07. The predicted octanol–water partition coefficient (Wildman–Crippen LogP) is 3.84. The normalized spacial score (nSPS) is 10.3. The van der Waals surface area contributed by atoms with Gasteiger partial charge in [0, 0.05) is 9.75 Å². The molecule has 0 unspecified atom stereocenters. The monoisotopic (exact) mass is 217 g/mol. The highest BCUT2D eigenvalue weighted by Gasteiger charge is 2.05. The van der Waals surface area contributed by atoms with Crippen LogP contribution in [0, 0.1) is 19.9 Å². The molecule has 0 N–H and O–H groups in total. The lowest BCUT2D eigenvalue weighted by molar-refractivity contribution is 0.415. The molecule has 0 amide bonds. The van der Waals surface area contributed by atoms with Crippen LogP contribution in [-0.2, 0) is 0 Å². The molecule has 0 atom stereocenters. The van der Waals surface area contributed by atoms with Crippen molar-refractivity contribution < 1.29 is 4.74 Å². The standard InChI is InChI=1S/C13H13OS/c1-9-8-13(10(2)15-9)11-4-6-12(14-3)7-5-11/h4,6-8H,1-3H3. The maximum Gasteiger partial charge on any atom is 0.119 e. The van der Waals surface area contributed by atoms with Crippen molar-refractivity contribution in [2.45, 2.75) is 13.8 Å². The fourth-order valence-electron chi connectivity index (χ4n) is 1.60. The second-order valence-electron chi connectivity index (χ2n) is 3.47. The van der Waals surface area contributed by atoms with E-state index in [9.17, 15) is 0 Å². The summed E-state index contributed by atoms with van der Waals surface area (Å²) >= 11 is 1.82. The molecule has 15 heavy (non-hydrogen) atoms. The predicted molar refractivity (Wildman–Crippen MR) is 64.6 cm³/mol. The Balaban J connectivity index is 2.41. The van der Waals surface area contributed by atoms with Gasteiger partial charge >= 0.3 is 0 Å². The Kier molecular flexibility index (Phi) is 2.78. The fourth-order valence-corrected chi connectivity index (χ4v) is 2.54. The van der Waals surface area contributed by atoms with Crippen molar-refractivity contribution in [3.63, 3.8) is 0 Å². The molecule has 1 radical (unpaired) electrons. The minimum atomic E-state index is 0.850. The van der Waals surface area contributed by atoms with Crippen molar-refractivity contribution in [1.82, 2.24) is 0 Å². The molecule has 2 rings (SSSR count). The van der Waals surface area contributed by atoms with E-state index in [1.165, 1.54) is 15.3 Å². The van der Waals surface area contributed by atoms with Gasteiger partial charge in [0.05, 0.1) is 7.11 Å². The van der Waals surface area contributed by atoms with Gasteiger partial charge < -0.3 is 4.74 Å². The third kappa shape index (κ3) is 2.05. The quantitative estimate of drug-likeness (QED) is 0.742. The van der Waals surface area contributed by atoms with Crippen LogP contribution in [0.25, 0.3) is 11.1 Å². The maximum absolute atomic E-state index is 5.11. The van der Waals surface area contributed by atoms with Crippen LogP contribution in [0.4, 0.5) is 0 Å². The molecule has 1 aromatic heterocycles.